The molecule has 2 N–H and O–H groups in total. The fourth-order valence-corrected chi connectivity index (χ4v) is 2.10. The summed E-state index contributed by atoms with van der Waals surface area (Å²) in [4.78, 5) is 4.09. The van der Waals surface area contributed by atoms with Crippen LogP contribution in [0.15, 0.2) is 18.5 Å². The maximum absolute atomic E-state index is 6.02. The van der Waals surface area contributed by atoms with Gasteiger partial charge in [0.15, 0.2) is 0 Å². The minimum absolute atomic E-state index is 0.270. The Morgan fingerprint density at radius 2 is 2.08 bits per heavy atom. The second kappa shape index (κ2) is 2.55. The molecule has 1 aliphatic rings. The molecule has 0 saturated heterocycles. The van der Waals surface area contributed by atoms with Crippen LogP contribution in [0.3, 0.4) is 0 Å². The molecule has 2 atom stereocenters. The van der Waals surface area contributed by atoms with E-state index >= 15 is 0 Å². The van der Waals surface area contributed by atoms with Gasteiger partial charge in [-0.15, -0.1) is 0 Å². The highest BCUT2D eigenvalue weighted by Gasteiger charge is 2.56. The standard InChI is InChI=1S/C11H16N2/c1-7-6-13-5-4-8(7)9-10(12)11(9,2)3/h4-6,9-10H,12H2,1-3H3/t9-,10-/m0/s1. The molecule has 0 radical (unpaired) electrons. The summed E-state index contributed by atoms with van der Waals surface area (Å²) in [5.41, 5.74) is 8.92. The molecular formula is C11H16N2. The quantitative estimate of drug-likeness (QED) is 0.709. The van der Waals surface area contributed by atoms with Crippen LogP contribution in [0.4, 0.5) is 0 Å². The first-order valence-electron chi connectivity index (χ1n) is 4.71. The van der Waals surface area contributed by atoms with E-state index in [1.54, 1.807) is 0 Å². The van der Waals surface area contributed by atoms with Crippen molar-refractivity contribution in [3.05, 3.63) is 29.6 Å². The lowest BCUT2D eigenvalue weighted by molar-refractivity contribution is 0.598. The minimum Gasteiger partial charge on any atom is -0.327 e. The highest BCUT2D eigenvalue weighted by atomic mass is 14.8. The van der Waals surface area contributed by atoms with E-state index in [2.05, 4.69) is 31.8 Å². The number of rotatable bonds is 1. The van der Waals surface area contributed by atoms with Gasteiger partial charge in [-0.2, -0.15) is 0 Å². The summed E-state index contributed by atoms with van der Waals surface area (Å²) >= 11 is 0. The zero-order chi connectivity index (χ0) is 9.64. The van der Waals surface area contributed by atoms with Crippen LogP contribution in [-0.2, 0) is 0 Å². The summed E-state index contributed by atoms with van der Waals surface area (Å²) in [6.07, 6.45) is 3.76. The SMILES string of the molecule is Cc1cnccc1[C@H]1[C@H](N)C1(C)C. The smallest absolute Gasteiger partial charge is 0.0299 e. The van der Waals surface area contributed by atoms with Crippen molar-refractivity contribution >= 4 is 0 Å². The molecule has 2 heteroatoms. The molecule has 2 nitrogen and oxygen atoms in total. The van der Waals surface area contributed by atoms with Crippen molar-refractivity contribution in [2.75, 3.05) is 0 Å². The van der Waals surface area contributed by atoms with E-state index in [0.29, 0.717) is 12.0 Å². The monoisotopic (exact) mass is 176 g/mol. The zero-order valence-corrected chi connectivity index (χ0v) is 8.41. The van der Waals surface area contributed by atoms with Gasteiger partial charge in [0.1, 0.15) is 0 Å². The Bertz CT molecular complexity index is 331. The van der Waals surface area contributed by atoms with Gasteiger partial charge in [-0.1, -0.05) is 13.8 Å². The van der Waals surface area contributed by atoms with E-state index in [1.807, 2.05) is 12.4 Å². The Kier molecular flexibility index (Phi) is 1.70. The number of nitrogens with zero attached hydrogens (tertiary/aromatic N) is 1. The van der Waals surface area contributed by atoms with E-state index < -0.39 is 0 Å². The average molecular weight is 176 g/mol. The van der Waals surface area contributed by atoms with Gasteiger partial charge < -0.3 is 5.73 Å². The lowest BCUT2D eigenvalue weighted by Gasteiger charge is -2.05. The summed E-state index contributed by atoms with van der Waals surface area (Å²) in [5.74, 6) is 0.524. The van der Waals surface area contributed by atoms with Crippen LogP contribution in [0.1, 0.15) is 30.9 Å². The van der Waals surface area contributed by atoms with Gasteiger partial charge in [0.2, 0.25) is 0 Å². The van der Waals surface area contributed by atoms with Crippen LogP contribution in [0.2, 0.25) is 0 Å². The Balaban J connectivity index is 2.34. The van der Waals surface area contributed by atoms with Crippen LogP contribution >= 0.6 is 0 Å². The first-order valence-corrected chi connectivity index (χ1v) is 4.71. The fraction of sp³-hybridized carbons (Fsp3) is 0.545. The first kappa shape index (κ1) is 8.70. The lowest BCUT2D eigenvalue weighted by Crippen LogP contribution is -2.06. The van der Waals surface area contributed by atoms with E-state index in [1.165, 1.54) is 11.1 Å². The van der Waals surface area contributed by atoms with Crippen LogP contribution in [0.5, 0.6) is 0 Å². The predicted molar refractivity (Wildman–Crippen MR) is 53.5 cm³/mol. The molecule has 13 heavy (non-hydrogen) atoms. The Morgan fingerprint density at radius 3 is 2.54 bits per heavy atom. The number of hydrogen-bond acceptors (Lipinski definition) is 2. The third-order valence-electron chi connectivity index (χ3n) is 3.31. The molecule has 70 valence electrons. The number of aryl methyl sites for hydroxylation is 1. The van der Waals surface area contributed by atoms with Crippen molar-refractivity contribution in [1.82, 2.24) is 4.98 Å². The van der Waals surface area contributed by atoms with E-state index in [9.17, 15) is 0 Å². The van der Waals surface area contributed by atoms with Gasteiger partial charge in [-0.05, 0) is 29.5 Å². The molecule has 0 bridgehead atoms. The number of hydrogen-bond donors (Lipinski definition) is 1. The third kappa shape index (κ3) is 1.17. The van der Waals surface area contributed by atoms with Gasteiger partial charge in [0.05, 0.1) is 0 Å². The highest BCUT2D eigenvalue weighted by Crippen LogP contribution is 2.57. The minimum atomic E-state index is 0.270. The van der Waals surface area contributed by atoms with E-state index in [-0.39, 0.29) is 5.41 Å². The van der Waals surface area contributed by atoms with Crippen molar-refractivity contribution < 1.29 is 0 Å². The summed E-state index contributed by atoms with van der Waals surface area (Å²) in [5, 5.41) is 0. The molecule has 0 aliphatic heterocycles. The second-order valence-electron chi connectivity index (χ2n) is 4.56. The maximum atomic E-state index is 6.02. The van der Waals surface area contributed by atoms with Crippen molar-refractivity contribution in [2.45, 2.75) is 32.7 Å². The fourth-order valence-electron chi connectivity index (χ4n) is 2.10. The molecule has 0 amide bonds. The second-order valence-corrected chi connectivity index (χ2v) is 4.56. The Morgan fingerprint density at radius 1 is 1.46 bits per heavy atom. The Hall–Kier alpha value is -0.890. The van der Waals surface area contributed by atoms with Gasteiger partial charge in [-0.3, -0.25) is 4.98 Å². The van der Waals surface area contributed by atoms with Gasteiger partial charge >= 0.3 is 0 Å². The predicted octanol–water partition coefficient (Wildman–Crippen LogP) is 1.84. The van der Waals surface area contributed by atoms with Crippen LogP contribution in [0.25, 0.3) is 0 Å². The molecular weight excluding hydrogens is 160 g/mol. The number of pyridine rings is 1. The number of aromatic nitrogens is 1. The van der Waals surface area contributed by atoms with Crippen molar-refractivity contribution in [1.29, 1.82) is 0 Å². The molecule has 0 spiro atoms. The van der Waals surface area contributed by atoms with E-state index in [0.717, 1.165) is 0 Å². The molecule has 1 fully saturated rings. The Labute approximate surface area is 79.2 Å². The zero-order valence-electron chi connectivity index (χ0n) is 8.41. The highest BCUT2D eigenvalue weighted by molar-refractivity contribution is 5.37. The summed E-state index contributed by atoms with van der Waals surface area (Å²) < 4.78 is 0. The van der Waals surface area contributed by atoms with Crippen molar-refractivity contribution in [3.63, 3.8) is 0 Å². The largest absolute Gasteiger partial charge is 0.327 e. The molecule has 1 aromatic rings. The molecule has 0 aromatic carbocycles. The topological polar surface area (TPSA) is 38.9 Å². The molecule has 1 aliphatic carbocycles. The van der Waals surface area contributed by atoms with E-state index in [4.69, 9.17) is 5.73 Å². The lowest BCUT2D eigenvalue weighted by atomic mass is 10.0. The van der Waals surface area contributed by atoms with Crippen LogP contribution < -0.4 is 5.73 Å². The third-order valence-corrected chi connectivity index (χ3v) is 3.31. The molecule has 1 heterocycles. The molecule has 0 unspecified atom stereocenters. The maximum Gasteiger partial charge on any atom is 0.0299 e. The van der Waals surface area contributed by atoms with Gasteiger partial charge in [-0.25, -0.2) is 0 Å². The summed E-state index contributed by atoms with van der Waals surface area (Å²) in [6, 6.07) is 2.41. The van der Waals surface area contributed by atoms with Crippen LogP contribution in [-0.4, -0.2) is 11.0 Å². The van der Waals surface area contributed by atoms with Crippen molar-refractivity contribution in [3.8, 4) is 0 Å². The van der Waals surface area contributed by atoms with Gasteiger partial charge in [0.25, 0.3) is 0 Å². The molecule has 2 rings (SSSR count). The van der Waals surface area contributed by atoms with Gasteiger partial charge in [0, 0.05) is 24.4 Å². The summed E-state index contributed by atoms with van der Waals surface area (Å²) in [6.45, 7) is 6.55. The van der Waals surface area contributed by atoms with Crippen LogP contribution in [0, 0.1) is 12.3 Å². The van der Waals surface area contributed by atoms with Crippen molar-refractivity contribution in [2.24, 2.45) is 11.1 Å². The first-order chi connectivity index (χ1) is 6.05. The number of nitrogens with two attached hydrogens (primary N) is 1. The normalized spacial score (nSPS) is 30.2. The average Bonchev–Trinajstić information content (AvgIpc) is 2.54. The molecule has 1 aromatic heterocycles. The summed E-state index contributed by atoms with van der Waals surface area (Å²) in [7, 11) is 0. The molecule has 1 saturated carbocycles.